The van der Waals surface area contributed by atoms with Gasteiger partial charge in [0.15, 0.2) is 0 Å². The lowest BCUT2D eigenvalue weighted by Crippen LogP contribution is -2.41. The lowest BCUT2D eigenvalue weighted by atomic mass is 10.0. The molecule has 0 amide bonds. The van der Waals surface area contributed by atoms with E-state index in [2.05, 4.69) is 5.32 Å². The normalized spacial score (nSPS) is 12.8. The number of carbonyl (C=O) groups is 2. The number of nitrogens with one attached hydrogen (secondary N) is 1. The first-order chi connectivity index (χ1) is 5.95. The molecule has 0 saturated heterocycles. The third kappa shape index (κ3) is 5.19. The number of hydrogen-bond acceptors (Lipinski definition) is 3. The maximum Gasteiger partial charge on any atom is 0.320 e. The van der Waals surface area contributed by atoms with Gasteiger partial charge in [-0.3, -0.25) is 9.59 Å². The van der Waals surface area contributed by atoms with Crippen molar-refractivity contribution in [2.45, 2.75) is 26.3 Å². The molecule has 0 aliphatic carbocycles. The first kappa shape index (κ1) is 11.9. The molecule has 0 radical (unpaired) electrons. The number of aliphatic carboxylic acids is 2. The number of carboxylic acid groups (broad SMARTS) is 2. The van der Waals surface area contributed by atoms with Crippen LogP contribution in [0.3, 0.4) is 0 Å². The molecule has 5 nitrogen and oxygen atoms in total. The van der Waals surface area contributed by atoms with Crippen molar-refractivity contribution in [1.82, 2.24) is 5.32 Å². The fraction of sp³-hybridized carbons (Fsp3) is 0.750. The fourth-order valence-corrected chi connectivity index (χ4v) is 0.943. The molecule has 13 heavy (non-hydrogen) atoms. The minimum Gasteiger partial charge on any atom is -0.481 e. The van der Waals surface area contributed by atoms with E-state index in [1.54, 1.807) is 13.8 Å². The summed E-state index contributed by atoms with van der Waals surface area (Å²) in [5.74, 6) is -1.92. The van der Waals surface area contributed by atoms with Crippen LogP contribution in [0.5, 0.6) is 0 Å². The average molecular weight is 189 g/mol. The molecule has 0 aromatic rings. The van der Waals surface area contributed by atoms with E-state index in [0.29, 0.717) is 0 Å². The maximum atomic E-state index is 10.6. The van der Waals surface area contributed by atoms with E-state index in [1.165, 1.54) is 0 Å². The van der Waals surface area contributed by atoms with Crippen molar-refractivity contribution in [2.24, 2.45) is 5.92 Å². The molecule has 0 aliphatic rings. The van der Waals surface area contributed by atoms with Crippen LogP contribution in [0.4, 0.5) is 0 Å². The molecule has 76 valence electrons. The highest BCUT2D eigenvalue weighted by molar-refractivity contribution is 5.74. The Bertz CT molecular complexity index is 191. The fourth-order valence-electron chi connectivity index (χ4n) is 0.943. The first-order valence-electron chi connectivity index (χ1n) is 4.13. The zero-order chi connectivity index (χ0) is 10.4. The summed E-state index contributed by atoms with van der Waals surface area (Å²) < 4.78 is 0. The second-order valence-corrected chi connectivity index (χ2v) is 3.16. The van der Waals surface area contributed by atoms with Crippen LogP contribution in [-0.2, 0) is 9.59 Å². The van der Waals surface area contributed by atoms with Crippen molar-refractivity contribution in [3.63, 3.8) is 0 Å². The minimum absolute atomic E-state index is 0.0497. The molecule has 0 spiro atoms. The van der Waals surface area contributed by atoms with Gasteiger partial charge in [0, 0.05) is 6.54 Å². The van der Waals surface area contributed by atoms with Crippen molar-refractivity contribution in [3.05, 3.63) is 0 Å². The third-order valence-electron chi connectivity index (χ3n) is 1.64. The molecule has 0 aliphatic heterocycles. The summed E-state index contributed by atoms with van der Waals surface area (Å²) in [6, 6.07) is -0.667. The Balaban J connectivity index is 3.84. The zero-order valence-electron chi connectivity index (χ0n) is 7.78. The average Bonchev–Trinajstić information content (AvgIpc) is 1.95. The molecule has 3 N–H and O–H groups in total. The Kier molecular flexibility index (Phi) is 5.06. The van der Waals surface area contributed by atoms with Gasteiger partial charge in [-0.2, -0.15) is 0 Å². The van der Waals surface area contributed by atoms with E-state index in [0.717, 1.165) is 0 Å². The number of rotatable bonds is 6. The van der Waals surface area contributed by atoms with Gasteiger partial charge in [0.1, 0.15) is 6.04 Å². The summed E-state index contributed by atoms with van der Waals surface area (Å²) in [5.41, 5.74) is 0. The van der Waals surface area contributed by atoms with Crippen LogP contribution in [0, 0.1) is 5.92 Å². The molecule has 0 saturated carbocycles. The number of hydrogen-bond donors (Lipinski definition) is 3. The van der Waals surface area contributed by atoms with Gasteiger partial charge in [0.05, 0.1) is 6.42 Å². The van der Waals surface area contributed by atoms with Crippen LogP contribution in [0.15, 0.2) is 0 Å². The summed E-state index contributed by atoms with van der Waals surface area (Å²) in [6.07, 6.45) is -0.0590. The monoisotopic (exact) mass is 189 g/mol. The van der Waals surface area contributed by atoms with Crippen molar-refractivity contribution in [3.8, 4) is 0 Å². The molecular formula is C8H15NO4. The zero-order valence-corrected chi connectivity index (χ0v) is 7.78. The predicted molar refractivity (Wildman–Crippen MR) is 46.5 cm³/mol. The van der Waals surface area contributed by atoms with Crippen molar-refractivity contribution < 1.29 is 19.8 Å². The Hall–Kier alpha value is -1.10. The lowest BCUT2D eigenvalue weighted by molar-refractivity contribution is -0.141. The summed E-state index contributed by atoms with van der Waals surface area (Å²) in [4.78, 5) is 20.7. The number of carboxylic acids is 2. The van der Waals surface area contributed by atoms with E-state index < -0.39 is 18.0 Å². The molecule has 0 fully saturated rings. The summed E-state index contributed by atoms with van der Waals surface area (Å²) >= 11 is 0. The van der Waals surface area contributed by atoms with Gasteiger partial charge >= 0.3 is 11.9 Å². The molecule has 0 heterocycles. The lowest BCUT2D eigenvalue weighted by Gasteiger charge is -2.16. The van der Waals surface area contributed by atoms with E-state index in [4.69, 9.17) is 10.2 Å². The van der Waals surface area contributed by atoms with Crippen LogP contribution in [0.25, 0.3) is 0 Å². The van der Waals surface area contributed by atoms with Gasteiger partial charge in [-0.25, -0.2) is 0 Å². The van der Waals surface area contributed by atoms with Crippen molar-refractivity contribution >= 4 is 11.9 Å². The molecule has 0 bridgehead atoms. The molecule has 0 rings (SSSR count). The second-order valence-electron chi connectivity index (χ2n) is 3.16. The van der Waals surface area contributed by atoms with E-state index in [1.807, 2.05) is 0 Å². The van der Waals surface area contributed by atoms with E-state index in [-0.39, 0.29) is 18.9 Å². The largest absolute Gasteiger partial charge is 0.481 e. The first-order valence-corrected chi connectivity index (χ1v) is 4.13. The van der Waals surface area contributed by atoms with Gasteiger partial charge in [0.25, 0.3) is 0 Å². The Morgan fingerprint density at radius 3 is 2.15 bits per heavy atom. The topological polar surface area (TPSA) is 86.6 Å². The molecule has 1 atom stereocenters. The SMILES string of the molecule is CC(C)C(NCCC(=O)O)C(=O)O. The summed E-state index contributed by atoms with van der Waals surface area (Å²) in [6.45, 7) is 3.73. The van der Waals surface area contributed by atoms with Crippen LogP contribution < -0.4 is 5.32 Å². The Morgan fingerprint density at radius 2 is 1.85 bits per heavy atom. The van der Waals surface area contributed by atoms with E-state index >= 15 is 0 Å². The van der Waals surface area contributed by atoms with Crippen LogP contribution in [0.2, 0.25) is 0 Å². The van der Waals surface area contributed by atoms with Crippen molar-refractivity contribution in [2.75, 3.05) is 6.54 Å². The summed E-state index contributed by atoms with van der Waals surface area (Å²) in [5, 5.41) is 19.7. The Morgan fingerprint density at radius 1 is 1.31 bits per heavy atom. The highest BCUT2D eigenvalue weighted by atomic mass is 16.4. The molecule has 5 heteroatoms. The van der Waals surface area contributed by atoms with Crippen LogP contribution in [-0.4, -0.2) is 34.7 Å². The standard InChI is InChI=1S/C8H15NO4/c1-5(2)7(8(12)13)9-4-3-6(10)11/h5,7,9H,3-4H2,1-2H3,(H,10,11)(H,12,13). The highest BCUT2D eigenvalue weighted by Crippen LogP contribution is 2.01. The van der Waals surface area contributed by atoms with Gasteiger partial charge in [0.2, 0.25) is 0 Å². The minimum atomic E-state index is -0.944. The molecule has 1 unspecified atom stereocenters. The van der Waals surface area contributed by atoms with Gasteiger partial charge in [-0.05, 0) is 5.92 Å². The predicted octanol–water partition coefficient (Wildman–Crippen LogP) is 0.160. The molecule has 0 aromatic carbocycles. The van der Waals surface area contributed by atoms with E-state index in [9.17, 15) is 9.59 Å². The Labute approximate surface area is 76.8 Å². The third-order valence-corrected chi connectivity index (χ3v) is 1.64. The molecule has 0 aromatic heterocycles. The second kappa shape index (κ2) is 5.53. The van der Waals surface area contributed by atoms with Crippen LogP contribution in [0.1, 0.15) is 20.3 Å². The van der Waals surface area contributed by atoms with Gasteiger partial charge < -0.3 is 15.5 Å². The maximum absolute atomic E-state index is 10.6. The highest BCUT2D eigenvalue weighted by Gasteiger charge is 2.20. The van der Waals surface area contributed by atoms with Crippen LogP contribution >= 0.6 is 0 Å². The van der Waals surface area contributed by atoms with Gasteiger partial charge in [-0.15, -0.1) is 0 Å². The molecular weight excluding hydrogens is 174 g/mol. The summed E-state index contributed by atoms with van der Waals surface area (Å²) in [7, 11) is 0. The van der Waals surface area contributed by atoms with Crippen molar-refractivity contribution in [1.29, 1.82) is 0 Å². The quantitative estimate of drug-likeness (QED) is 0.554. The van der Waals surface area contributed by atoms with Gasteiger partial charge in [-0.1, -0.05) is 13.8 Å². The smallest absolute Gasteiger partial charge is 0.320 e.